The summed E-state index contributed by atoms with van der Waals surface area (Å²) in [5, 5.41) is 14.4. The molecule has 1 N–H and O–H groups in total. The zero-order valence-electron chi connectivity index (χ0n) is 19.4. The molecule has 35 heavy (non-hydrogen) atoms. The maximum Gasteiger partial charge on any atom is 0.347 e. The van der Waals surface area contributed by atoms with Crippen LogP contribution in [0, 0.1) is 0 Å². The molecule has 0 fully saturated rings. The normalized spacial score (nSPS) is 11.6. The topological polar surface area (TPSA) is 98.6 Å². The molecule has 0 bridgehead atoms. The molecule has 0 saturated carbocycles. The van der Waals surface area contributed by atoms with E-state index in [1.807, 2.05) is 66.7 Å². The quantitative estimate of drug-likeness (QED) is 0.290. The van der Waals surface area contributed by atoms with Crippen LogP contribution >= 0.6 is 0 Å². The van der Waals surface area contributed by atoms with Crippen molar-refractivity contribution in [2.45, 2.75) is 32.3 Å². The Hall–Kier alpha value is -4.39. The number of oxazole rings is 1. The number of aliphatic carboxylic acids is 1. The molecule has 0 aliphatic rings. The van der Waals surface area contributed by atoms with Gasteiger partial charge >= 0.3 is 5.97 Å². The molecule has 0 aliphatic carbocycles. The van der Waals surface area contributed by atoms with Crippen molar-refractivity contribution in [1.82, 2.24) is 10.1 Å². The summed E-state index contributed by atoms with van der Waals surface area (Å²) in [5.41, 5.74) is 2.69. The lowest BCUT2D eigenvalue weighted by atomic mass is 10.1. The molecule has 2 heterocycles. The number of carboxylic acids is 1. The van der Waals surface area contributed by atoms with E-state index in [9.17, 15) is 9.90 Å². The van der Waals surface area contributed by atoms with Crippen LogP contribution in [-0.4, -0.2) is 26.8 Å². The third-order valence-corrected chi connectivity index (χ3v) is 5.76. The summed E-state index contributed by atoms with van der Waals surface area (Å²) < 4.78 is 17.3. The lowest BCUT2D eigenvalue weighted by Crippen LogP contribution is -2.37. The summed E-state index contributed by atoms with van der Waals surface area (Å²) in [6.45, 7) is 2.99. The van der Waals surface area contributed by atoms with E-state index in [0.29, 0.717) is 30.1 Å². The van der Waals surface area contributed by atoms with E-state index < -0.39 is 11.6 Å². The number of aryl methyl sites for hydroxylation is 2. The maximum atomic E-state index is 11.4. The summed E-state index contributed by atoms with van der Waals surface area (Å²) in [6, 6.07) is 25.0. The smallest absolute Gasteiger partial charge is 0.347 e. The van der Waals surface area contributed by atoms with E-state index >= 15 is 0 Å². The van der Waals surface area contributed by atoms with Gasteiger partial charge in [0.1, 0.15) is 5.75 Å². The summed E-state index contributed by atoms with van der Waals surface area (Å²) in [5.74, 6) is 0.673. The van der Waals surface area contributed by atoms with Gasteiger partial charge in [-0.25, -0.2) is 9.78 Å². The molecule has 3 aromatic carbocycles. The number of aromatic nitrogens is 2. The lowest BCUT2D eigenvalue weighted by molar-refractivity contribution is -0.152. The fourth-order valence-corrected chi connectivity index (χ4v) is 3.83. The standard InChI is InChI=1S/C28H24N2O5/c1-28(2,27(31)32)34-20-13-14-21-22(30-35-24(21)17-20)15-16-23-25(18-9-5-3-6-10-18)33-26(29-23)19-11-7-4-8-12-19/h3-14,17H,15-16H2,1-2H3,(H,31,32). The number of carbonyl (C=O) groups is 1. The van der Waals surface area contributed by atoms with Crippen LogP contribution < -0.4 is 4.74 Å². The van der Waals surface area contributed by atoms with Gasteiger partial charge in [0.2, 0.25) is 5.89 Å². The molecule has 176 valence electrons. The molecule has 5 aromatic rings. The number of fused-ring (bicyclic) bond motifs is 1. The Bertz CT molecular complexity index is 1470. The summed E-state index contributed by atoms with van der Waals surface area (Å²) in [4.78, 5) is 16.2. The molecule has 0 spiro atoms. The highest BCUT2D eigenvalue weighted by Gasteiger charge is 2.29. The molecule has 5 rings (SSSR count). The summed E-state index contributed by atoms with van der Waals surface area (Å²) in [6.07, 6.45) is 1.20. The van der Waals surface area contributed by atoms with Crippen LogP contribution in [0.2, 0.25) is 0 Å². The van der Waals surface area contributed by atoms with Crippen molar-refractivity contribution in [1.29, 1.82) is 0 Å². The van der Waals surface area contributed by atoms with E-state index in [1.165, 1.54) is 13.8 Å². The summed E-state index contributed by atoms with van der Waals surface area (Å²) >= 11 is 0. The number of ether oxygens (including phenoxy) is 1. The largest absolute Gasteiger partial charge is 0.478 e. The molecular formula is C28H24N2O5. The minimum Gasteiger partial charge on any atom is -0.478 e. The minimum atomic E-state index is -1.35. The Morgan fingerprint density at radius 3 is 2.26 bits per heavy atom. The average Bonchev–Trinajstić information content (AvgIpc) is 3.47. The Morgan fingerprint density at radius 1 is 0.914 bits per heavy atom. The van der Waals surface area contributed by atoms with Crippen LogP contribution in [-0.2, 0) is 17.6 Å². The number of hydrogen-bond acceptors (Lipinski definition) is 6. The van der Waals surface area contributed by atoms with E-state index in [1.54, 1.807) is 12.1 Å². The minimum absolute atomic E-state index is 0.406. The third-order valence-electron chi connectivity index (χ3n) is 5.76. The first kappa shape index (κ1) is 22.4. The van der Waals surface area contributed by atoms with Gasteiger partial charge in [-0.15, -0.1) is 0 Å². The van der Waals surface area contributed by atoms with Gasteiger partial charge in [-0.1, -0.05) is 53.7 Å². The predicted octanol–water partition coefficient (Wildman–Crippen LogP) is 6.18. The summed E-state index contributed by atoms with van der Waals surface area (Å²) in [7, 11) is 0. The van der Waals surface area contributed by atoms with E-state index in [-0.39, 0.29) is 0 Å². The molecule has 0 aliphatic heterocycles. The van der Waals surface area contributed by atoms with Crippen LogP contribution in [0.1, 0.15) is 25.2 Å². The average molecular weight is 469 g/mol. The lowest BCUT2D eigenvalue weighted by Gasteiger charge is -2.21. The van der Waals surface area contributed by atoms with Gasteiger partial charge in [-0.05, 0) is 51.0 Å². The van der Waals surface area contributed by atoms with Crippen molar-refractivity contribution >= 4 is 16.9 Å². The Morgan fingerprint density at radius 2 is 1.57 bits per heavy atom. The molecule has 0 unspecified atom stereocenters. The van der Waals surface area contributed by atoms with Crippen molar-refractivity contribution in [2.75, 3.05) is 0 Å². The molecule has 7 heteroatoms. The second-order valence-corrected chi connectivity index (χ2v) is 8.73. The second-order valence-electron chi connectivity index (χ2n) is 8.73. The Labute approximate surface area is 202 Å². The molecule has 7 nitrogen and oxygen atoms in total. The maximum absolute atomic E-state index is 11.4. The first-order valence-electron chi connectivity index (χ1n) is 11.3. The highest BCUT2D eigenvalue weighted by Crippen LogP contribution is 2.32. The van der Waals surface area contributed by atoms with Gasteiger partial charge < -0.3 is 18.8 Å². The fourth-order valence-electron chi connectivity index (χ4n) is 3.83. The predicted molar refractivity (Wildman–Crippen MR) is 131 cm³/mol. The first-order chi connectivity index (χ1) is 16.9. The fraction of sp³-hybridized carbons (Fsp3) is 0.179. The number of nitrogens with zero attached hydrogens (tertiary/aromatic N) is 2. The van der Waals surface area contributed by atoms with Crippen molar-refractivity contribution in [3.05, 3.63) is 90.3 Å². The van der Waals surface area contributed by atoms with Crippen molar-refractivity contribution < 1.29 is 23.6 Å². The van der Waals surface area contributed by atoms with Gasteiger partial charge in [0, 0.05) is 22.6 Å². The second kappa shape index (κ2) is 9.10. The number of hydrogen-bond donors (Lipinski definition) is 1. The van der Waals surface area contributed by atoms with Crippen molar-refractivity contribution in [3.63, 3.8) is 0 Å². The van der Waals surface area contributed by atoms with E-state index in [2.05, 4.69) is 5.16 Å². The molecule has 2 aromatic heterocycles. The Kier molecular flexibility index (Phi) is 5.82. The monoisotopic (exact) mass is 468 g/mol. The van der Waals surface area contributed by atoms with E-state index in [4.69, 9.17) is 18.7 Å². The third kappa shape index (κ3) is 4.66. The SMILES string of the molecule is CC(C)(Oc1ccc2c(CCc3nc(-c4ccccc4)oc3-c3ccccc3)noc2c1)C(=O)O. The highest BCUT2D eigenvalue weighted by atomic mass is 16.5. The number of benzene rings is 3. The number of rotatable bonds is 8. The Balaban J connectivity index is 1.41. The van der Waals surface area contributed by atoms with Crippen LogP contribution in [0.5, 0.6) is 5.75 Å². The van der Waals surface area contributed by atoms with Crippen LogP contribution in [0.4, 0.5) is 0 Å². The van der Waals surface area contributed by atoms with Crippen molar-refractivity contribution in [3.8, 4) is 28.5 Å². The highest BCUT2D eigenvalue weighted by molar-refractivity contribution is 5.81. The van der Waals surface area contributed by atoms with Crippen molar-refractivity contribution in [2.24, 2.45) is 0 Å². The van der Waals surface area contributed by atoms with Gasteiger partial charge in [-0.3, -0.25) is 0 Å². The molecular weight excluding hydrogens is 444 g/mol. The van der Waals surface area contributed by atoms with Gasteiger partial charge in [0.15, 0.2) is 16.9 Å². The molecule has 0 atom stereocenters. The molecule has 0 radical (unpaired) electrons. The van der Waals surface area contributed by atoms with Crippen LogP contribution in [0.15, 0.2) is 87.8 Å². The zero-order chi connectivity index (χ0) is 24.4. The van der Waals surface area contributed by atoms with Gasteiger partial charge in [-0.2, -0.15) is 0 Å². The van der Waals surface area contributed by atoms with Gasteiger partial charge in [0.05, 0.1) is 11.4 Å². The zero-order valence-corrected chi connectivity index (χ0v) is 19.4. The van der Waals surface area contributed by atoms with Crippen LogP contribution in [0.3, 0.4) is 0 Å². The van der Waals surface area contributed by atoms with Gasteiger partial charge in [0.25, 0.3) is 0 Å². The first-order valence-corrected chi connectivity index (χ1v) is 11.3. The molecule has 0 amide bonds. The number of carboxylic acid groups (broad SMARTS) is 1. The van der Waals surface area contributed by atoms with Crippen LogP contribution in [0.25, 0.3) is 33.7 Å². The molecule has 0 saturated heterocycles. The van der Waals surface area contributed by atoms with E-state index in [0.717, 1.165) is 33.7 Å².